The molecule has 0 aromatic heterocycles. The number of benzene rings is 2. The maximum absolute atomic E-state index is 12.8. The molecule has 2 aromatic carbocycles. The van der Waals surface area contributed by atoms with E-state index in [1.165, 1.54) is 0 Å². The first kappa shape index (κ1) is 22.2. The zero-order valence-electron chi connectivity index (χ0n) is 16.8. The summed E-state index contributed by atoms with van der Waals surface area (Å²) < 4.78 is 5.88. The molecule has 158 valence electrons. The molecule has 0 saturated carbocycles. The van der Waals surface area contributed by atoms with Crippen molar-refractivity contribution in [3.63, 3.8) is 0 Å². The maximum atomic E-state index is 12.8. The molecule has 1 aliphatic rings. The second kappa shape index (κ2) is 10.0. The standard InChI is InChI=1S/C23H23Cl2NO4/c1-3-20(26-29-4-2)23-21(27)11-15(12-22(23)28)14-6-5-7-16(10-14)30-17-8-9-18(24)19(25)13-17/h5-10,13,15,27H,3-4,11-12H2,1-2H3/b26-20-. The van der Waals surface area contributed by atoms with Gasteiger partial charge < -0.3 is 14.7 Å². The summed E-state index contributed by atoms with van der Waals surface area (Å²) in [4.78, 5) is 17.9. The van der Waals surface area contributed by atoms with E-state index in [0.717, 1.165) is 5.56 Å². The third kappa shape index (κ3) is 5.15. The third-order valence-corrected chi connectivity index (χ3v) is 5.56. The minimum absolute atomic E-state index is 0.0485. The summed E-state index contributed by atoms with van der Waals surface area (Å²) in [5, 5.41) is 15.5. The number of halogens is 2. The van der Waals surface area contributed by atoms with Crippen LogP contribution >= 0.6 is 23.2 Å². The number of hydrogen-bond acceptors (Lipinski definition) is 5. The molecule has 0 amide bonds. The summed E-state index contributed by atoms with van der Waals surface area (Å²) in [7, 11) is 0. The van der Waals surface area contributed by atoms with Crippen LogP contribution in [0.2, 0.25) is 10.0 Å². The molecule has 0 spiro atoms. The number of ketones is 1. The van der Waals surface area contributed by atoms with Crippen molar-refractivity contribution in [1.29, 1.82) is 0 Å². The quantitative estimate of drug-likeness (QED) is 0.372. The van der Waals surface area contributed by atoms with Crippen molar-refractivity contribution in [2.24, 2.45) is 5.16 Å². The van der Waals surface area contributed by atoms with E-state index in [1.54, 1.807) is 18.2 Å². The first-order chi connectivity index (χ1) is 14.4. The monoisotopic (exact) mass is 447 g/mol. The van der Waals surface area contributed by atoms with Crippen molar-refractivity contribution in [2.45, 2.75) is 39.0 Å². The van der Waals surface area contributed by atoms with Gasteiger partial charge in [0.15, 0.2) is 5.78 Å². The normalized spacial score (nSPS) is 17.3. The van der Waals surface area contributed by atoms with Gasteiger partial charge in [0.2, 0.25) is 0 Å². The number of oxime groups is 1. The maximum Gasteiger partial charge on any atom is 0.168 e. The number of carbonyl (C=O) groups is 1. The predicted octanol–water partition coefficient (Wildman–Crippen LogP) is 6.85. The smallest absolute Gasteiger partial charge is 0.168 e. The van der Waals surface area contributed by atoms with Gasteiger partial charge >= 0.3 is 0 Å². The lowest BCUT2D eigenvalue weighted by Crippen LogP contribution is -2.23. The fraction of sp³-hybridized carbons (Fsp3) is 0.304. The number of rotatable bonds is 7. The van der Waals surface area contributed by atoms with E-state index in [4.69, 9.17) is 32.8 Å². The molecule has 0 fully saturated rings. The summed E-state index contributed by atoms with van der Waals surface area (Å²) in [6, 6.07) is 12.5. The molecule has 30 heavy (non-hydrogen) atoms. The Morgan fingerprint density at radius 1 is 1.10 bits per heavy atom. The zero-order chi connectivity index (χ0) is 21.7. The van der Waals surface area contributed by atoms with Crippen molar-refractivity contribution < 1.29 is 19.5 Å². The Morgan fingerprint density at radius 2 is 1.87 bits per heavy atom. The molecule has 0 radical (unpaired) electrons. The first-order valence-electron chi connectivity index (χ1n) is 9.80. The average Bonchev–Trinajstić information content (AvgIpc) is 2.72. The van der Waals surface area contributed by atoms with E-state index < -0.39 is 0 Å². The molecule has 1 unspecified atom stereocenters. The Bertz CT molecular complexity index is 1000. The highest BCUT2D eigenvalue weighted by Gasteiger charge is 2.31. The van der Waals surface area contributed by atoms with Crippen LogP contribution < -0.4 is 4.74 Å². The molecular formula is C23H23Cl2NO4. The van der Waals surface area contributed by atoms with Crippen molar-refractivity contribution in [3.05, 3.63) is 69.4 Å². The molecule has 0 heterocycles. The van der Waals surface area contributed by atoms with Gasteiger partial charge in [0.1, 0.15) is 23.9 Å². The van der Waals surface area contributed by atoms with Crippen molar-refractivity contribution in [3.8, 4) is 11.5 Å². The Kier molecular flexibility index (Phi) is 7.40. The highest BCUT2D eigenvalue weighted by molar-refractivity contribution is 6.42. The van der Waals surface area contributed by atoms with Gasteiger partial charge in [0.05, 0.1) is 21.3 Å². The topological polar surface area (TPSA) is 68.1 Å². The summed E-state index contributed by atoms with van der Waals surface area (Å²) >= 11 is 12.0. The van der Waals surface area contributed by atoms with Gasteiger partial charge in [0.25, 0.3) is 0 Å². The number of allylic oxidation sites excluding steroid dienone is 2. The van der Waals surface area contributed by atoms with E-state index in [9.17, 15) is 9.90 Å². The number of ether oxygens (including phenoxy) is 1. The van der Waals surface area contributed by atoms with Gasteiger partial charge in [-0.05, 0) is 49.1 Å². The van der Waals surface area contributed by atoms with E-state index in [1.807, 2.05) is 38.1 Å². The van der Waals surface area contributed by atoms with E-state index >= 15 is 0 Å². The molecule has 1 N–H and O–H groups in total. The summed E-state index contributed by atoms with van der Waals surface area (Å²) in [6.45, 7) is 4.10. The molecular weight excluding hydrogens is 425 g/mol. The van der Waals surface area contributed by atoms with Crippen LogP contribution in [0, 0.1) is 0 Å². The Labute approximate surface area is 185 Å². The van der Waals surface area contributed by atoms with Crippen LogP contribution in [0.3, 0.4) is 0 Å². The van der Waals surface area contributed by atoms with Gasteiger partial charge in [-0.3, -0.25) is 4.79 Å². The van der Waals surface area contributed by atoms with Crippen LogP contribution in [0.1, 0.15) is 44.6 Å². The highest BCUT2D eigenvalue weighted by Crippen LogP contribution is 2.37. The van der Waals surface area contributed by atoms with Crippen molar-refractivity contribution in [1.82, 2.24) is 0 Å². The zero-order valence-corrected chi connectivity index (χ0v) is 18.3. The van der Waals surface area contributed by atoms with Crippen molar-refractivity contribution >= 4 is 34.7 Å². The minimum atomic E-state index is -0.149. The highest BCUT2D eigenvalue weighted by atomic mass is 35.5. The SMILES string of the molecule is CCO/N=C(/CC)C1=C(O)CC(c2cccc(Oc3ccc(Cl)c(Cl)c3)c2)CC1=O. The summed E-state index contributed by atoms with van der Waals surface area (Å²) in [6.07, 6.45) is 1.13. The average molecular weight is 448 g/mol. The van der Waals surface area contributed by atoms with Crippen molar-refractivity contribution in [2.75, 3.05) is 6.61 Å². The lowest BCUT2D eigenvalue weighted by Gasteiger charge is -2.24. The molecule has 2 aromatic rings. The Morgan fingerprint density at radius 3 is 2.53 bits per heavy atom. The summed E-state index contributed by atoms with van der Waals surface area (Å²) in [5.41, 5.74) is 1.67. The van der Waals surface area contributed by atoms with Gasteiger partial charge in [-0.25, -0.2) is 0 Å². The summed E-state index contributed by atoms with van der Waals surface area (Å²) in [5.74, 6) is 0.932. The largest absolute Gasteiger partial charge is 0.511 e. The van der Waals surface area contributed by atoms with Crippen LogP contribution in [0.25, 0.3) is 0 Å². The molecule has 0 aliphatic heterocycles. The number of nitrogens with zero attached hydrogens (tertiary/aromatic N) is 1. The second-order valence-corrected chi connectivity index (χ2v) is 7.72. The fourth-order valence-electron chi connectivity index (χ4n) is 3.40. The molecule has 1 aliphatic carbocycles. The first-order valence-corrected chi connectivity index (χ1v) is 10.6. The Hall–Kier alpha value is -2.50. The minimum Gasteiger partial charge on any atom is -0.511 e. The number of Topliss-reactive ketones (excluding diaryl/α,β-unsaturated/α-hetero) is 1. The van der Waals surface area contributed by atoms with Crippen LogP contribution in [0.15, 0.2) is 59.0 Å². The molecule has 1 atom stereocenters. The third-order valence-electron chi connectivity index (χ3n) is 4.82. The van der Waals surface area contributed by atoms with Crippen LogP contribution in [0.4, 0.5) is 0 Å². The lowest BCUT2D eigenvalue weighted by molar-refractivity contribution is -0.116. The number of hydrogen-bond donors (Lipinski definition) is 1. The van der Waals surface area contributed by atoms with E-state index in [-0.39, 0.29) is 29.5 Å². The van der Waals surface area contributed by atoms with Gasteiger partial charge in [0, 0.05) is 18.9 Å². The predicted molar refractivity (Wildman–Crippen MR) is 119 cm³/mol. The number of aliphatic hydroxyl groups excluding tert-OH is 1. The molecule has 0 bridgehead atoms. The van der Waals surface area contributed by atoms with Gasteiger partial charge in [-0.2, -0.15) is 0 Å². The number of aliphatic hydroxyl groups is 1. The molecule has 7 heteroatoms. The van der Waals surface area contributed by atoms with Crippen LogP contribution in [-0.2, 0) is 9.63 Å². The second-order valence-electron chi connectivity index (χ2n) is 6.91. The number of carbonyl (C=O) groups excluding carboxylic acids is 1. The Balaban J connectivity index is 1.81. The van der Waals surface area contributed by atoms with Gasteiger partial charge in [-0.1, -0.05) is 47.4 Å². The fourth-order valence-corrected chi connectivity index (χ4v) is 3.68. The molecule has 0 saturated heterocycles. The van der Waals surface area contributed by atoms with Crippen LogP contribution in [0.5, 0.6) is 11.5 Å². The van der Waals surface area contributed by atoms with E-state index in [0.29, 0.717) is 46.7 Å². The molecule has 3 rings (SSSR count). The van der Waals surface area contributed by atoms with E-state index in [2.05, 4.69) is 5.16 Å². The molecule has 5 nitrogen and oxygen atoms in total. The lowest BCUT2D eigenvalue weighted by atomic mass is 9.81. The van der Waals surface area contributed by atoms with Crippen LogP contribution in [-0.4, -0.2) is 23.2 Å². The van der Waals surface area contributed by atoms with Gasteiger partial charge in [-0.15, -0.1) is 0 Å².